The molecule has 0 aliphatic carbocycles. The summed E-state index contributed by atoms with van der Waals surface area (Å²) in [6.07, 6.45) is -1.23. The number of hydrogen-bond acceptors (Lipinski definition) is 6. The number of nitrogens with one attached hydrogen (secondary N) is 2. The van der Waals surface area contributed by atoms with Gasteiger partial charge in [0.15, 0.2) is 0 Å². The van der Waals surface area contributed by atoms with Gasteiger partial charge in [-0.05, 0) is 48.5 Å². The van der Waals surface area contributed by atoms with Crippen molar-refractivity contribution in [3.05, 3.63) is 114 Å². The number of anilines is 3. The van der Waals surface area contributed by atoms with E-state index in [4.69, 9.17) is 9.47 Å². The maximum Gasteiger partial charge on any atom is 0.341 e. The van der Waals surface area contributed by atoms with Crippen LogP contribution in [0.2, 0.25) is 0 Å². The summed E-state index contributed by atoms with van der Waals surface area (Å²) in [7, 11) is 1.53. The van der Waals surface area contributed by atoms with E-state index in [-0.39, 0.29) is 5.56 Å². The summed E-state index contributed by atoms with van der Waals surface area (Å²) >= 11 is 0.451. The van der Waals surface area contributed by atoms with Crippen LogP contribution in [0.4, 0.5) is 25.8 Å². The monoisotopic (exact) mass is 534 g/mol. The van der Waals surface area contributed by atoms with Crippen molar-refractivity contribution in [2.75, 3.05) is 17.7 Å². The third-order valence-corrected chi connectivity index (χ3v) is 6.13. The second kappa shape index (κ2) is 12.7. The third-order valence-electron chi connectivity index (χ3n) is 5.41. The molecule has 4 aromatic rings. The molecule has 0 spiro atoms. The number of halogens is 2. The molecule has 2 N–H and O–H groups in total. The van der Waals surface area contributed by atoms with E-state index in [1.165, 1.54) is 7.11 Å². The topological polar surface area (TPSA) is 76.7 Å². The van der Waals surface area contributed by atoms with E-state index in [1.54, 1.807) is 103 Å². The van der Waals surface area contributed by atoms with Crippen LogP contribution in [0.1, 0.15) is 22.0 Å². The second-order valence-electron chi connectivity index (χ2n) is 7.99. The minimum atomic E-state index is -2.51. The molecule has 0 aliphatic rings. The molecule has 0 bridgehead atoms. The summed E-state index contributed by atoms with van der Waals surface area (Å²) in [5.41, 5.74) is 2.22. The SMILES string of the molecule is COc1cccc(NC(=O)C(OC(=O)c2ccccc2Nc2ccc(SC(F)F)cc2)c2ccccc2)c1. The van der Waals surface area contributed by atoms with Crippen molar-refractivity contribution in [1.29, 1.82) is 0 Å². The Hall–Kier alpha value is -4.37. The number of alkyl halides is 2. The molecule has 0 saturated carbocycles. The highest BCUT2D eigenvalue weighted by Gasteiger charge is 2.27. The zero-order valence-electron chi connectivity index (χ0n) is 20.3. The first-order chi connectivity index (χ1) is 18.4. The van der Waals surface area contributed by atoms with Gasteiger partial charge in [-0.2, -0.15) is 8.78 Å². The van der Waals surface area contributed by atoms with Crippen molar-refractivity contribution in [3.63, 3.8) is 0 Å². The zero-order chi connectivity index (χ0) is 26.9. The molecule has 6 nitrogen and oxygen atoms in total. The first-order valence-corrected chi connectivity index (χ1v) is 12.4. The molecule has 1 atom stereocenters. The second-order valence-corrected chi connectivity index (χ2v) is 9.05. The number of carbonyl (C=O) groups is 2. The van der Waals surface area contributed by atoms with Crippen LogP contribution in [0.25, 0.3) is 0 Å². The summed E-state index contributed by atoms with van der Waals surface area (Å²) in [6, 6.07) is 28.6. The molecule has 0 aromatic heterocycles. The van der Waals surface area contributed by atoms with E-state index in [0.717, 1.165) is 0 Å². The van der Waals surface area contributed by atoms with Crippen molar-refractivity contribution in [1.82, 2.24) is 0 Å². The fourth-order valence-corrected chi connectivity index (χ4v) is 4.12. The van der Waals surface area contributed by atoms with Crippen molar-refractivity contribution >= 4 is 40.7 Å². The van der Waals surface area contributed by atoms with Gasteiger partial charge in [-0.15, -0.1) is 0 Å². The Kier molecular flexibility index (Phi) is 8.94. The predicted octanol–water partition coefficient (Wildman–Crippen LogP) is 7.29. The molecule has 0 saturated heterocycles. The molecular weight excluding hydrogens is 510 g/mol. The molecule has 4 rings (SSSR count). The van der Waals surface area contributed by atoms with Crippen molar-refractivity contribution in [2.24, 2.45) is 0 Å². The average Bonchev–Trinajstić information content (AvgIpc) is 2.93. The summed E-state index contributed by atoms with van der Waals surface area (Å²) in [5.74, 6) is -3.19. The number of thioether (sulfide) groups is 1. The lowest BCUT2D eigenvalue weighted by molar-refractivity contribution is -0.125. The van der Waals surface area contributed by atoms with Gasteiger partial charge >= 0.3 is 5.97 Å². The fourth-order valence-electron chi connectivity index (χ4n) is 3.63. The van der Waals surface area contributed by atoms with Crippen molar-refractivity contribution in [2.45, 2.75) is 16.8 Å². The van der Waals surface area contributed by atoms with Gasteiger partial charge in [0.05, 0.1) is 18.4 Å². The smallest absolute Gasteiger partial charge is 0.341 e. The van der Waals surface area contributed by atoms with E-state index >= 15 is 0 Å². The number of methoxy groups -OCH3 is 1. The van der Waals surface area contributed by atoms with E-state index in [1.807, 2.05) is 0 Å². The molecule has 0 radical (unpaired) electrons. The first kappa shape index (κ1) is 26.7. The lowest BCUT2D eigenvalue weighted by atomic mass is 10.1. The Morgan fingerprint density at radius 3 is 2.24 bits per heavy atom. The minimum Gasteiger partial charge on any atom is -0.497 e. The molecule has 194 valence electrons. The standard InChI is InChI=1S/C29H24F2N2O4S/c1-36-22-11-7-10-21(18-22)33-27(34)26(19-8-3-2-4-9-19)37-28(35)24-12-5-6-13-25(24)32-20-14-16-23(17-15-20)38-29(30)31/h2-18,26,29,32H,1H3,(H,33,34). The highest BCUT2D eigenvalue weighted by Crippen LogP contribution is 2.29. The van der Waals surface area contributed by atoms with Gasteiger partial charge < -0.3 is 20.1 Å². The van der Waals surface area contributed by atoms with Gasteiger partial charge in [-0.1, -0.05) is 60.3 Å². The number of para-hydroxylation sites is 1. The Morgan fingerprint density at radius 2 is 1.53 bits per heavy atom. The molecule has 1 unspecified atom stereocenters. The quantitative estimate of drug-likeness (QED) is 0.164. The largest absolute Gasteiger partial charge is 0.497 e. The summed E-state index contributed by atoms with van der Waals surface area (Å²) in [5, 5.41) is 5.89. The van der Waals surface area contributed by atoms with Crippen LogP contribution >= 0.6 is 11.8 Å². The van der Waals surface area contributed by atoms with Gasteiger partial charge in [0.25, 0.3) is 11.7 Å². The van der Waals surface area contributed by atoms with Crippen LogP contribution in [0.3, 0.4) is 0 Å². The number of carbonyl (C=O) groups excluding carboxylic acids is 2. The zero-order valence-corrected chi connectivity index (χ0v) is 21.1. The van der Waals surface area contributed by atoms with Crippen LogP contribution in [0, 0.1) is 0 Å². The van der Waals surface area contributed by atoms with Gasteiger partial charge in [-0.3, -0.25) is 4.79 Å². The molecule has 0 fully saturated rings. The van der Waals surface area contributed by atoms with Gasteiger partial charge in [0.1, 0.15) is 5.75 Å². The van der Waals surface area contributed by atoms with Crippen LogP contribution in [-0.2, 0) is 9.53 Å². The van der Waals surface area contributed by atoms with Crippen LogP contribution < -0.4 is 15.4 Å². The number of amides is 1. The lowest BCUT2D eigenvalue weighted by Crippen LogP contribution is -2.26. The maximum absolute atomic E-state index is 13.3. The Labute approximate surface area is 223 Å². The Balaban J connectivity index is 1.55. The predicted molar refractivity (Wildman–Crippen MR) is 144 cm³/mol. The maximum atomic E-state index is 13.3. The fraction of sp³-hybridized carbons (Fsp3) is 0.103. The van der Waals surface area contributed by atoms with E-state index in [0.29, 0.717) is 45.0 Å². The first-order valence-electron chi connectivity index (χ1n) is 11.5. The molecule has 0 aliphatic heterocycles. The van der Waals surface area contributed by atoms with Gasteiger partial charge in [0, 0.05) is 27.9 Å². The van der Waals surface area contributed by atoms with E-state index < -0.39 is 23.7 Å². The molecule has 0 heterocycles. The van der Waals surface area contributed by atoms with Crippen molar-refractivity contribution < 1.29 is 27.8 Å². The normalized spacial score (nSPS) is 11.5. The molecular formula is C29H24F2N2O4S. The molecule has 9 heteroatoms. The number of rotatable bonds is 10. The van der Waals surface area contributed by atoms with Crippen LogP contribution in [0.15, 0.2) is 108 Å². The number of hydrogen-bond donors (Lipinski definition) is 2. The van der Waals surface area contributed by atoms with Crippen molar-refractivity contribution in [3.8, 4) is 5.75 Å². The lowest BCUT2D eigenvalue weighted by Gasteiger charge is -2.19. The summed E-state index contributed by atoms with van der Waals surface area (Å²) < 4.78 is 36.2. The number of esters is 1. The highest BCUT2D eigenvalue weighted by atomic mass is 32.2. The number of ether oxygens (including phenoxy) is 2. The summed E-state index contributed by atoms with van der Waals surface area (Å²) in [6.45, 7) is 0. The van der Waals surface area contributed by atoms with Gasteiger partial charge in [-0.25, -0.2) is 4.79 Å². The Bertz CT molecular complexity index is 1380. The Morgan fingerprint density at radius 1 is 0.816 bits per heavy atom. The van der Waals surface area contributed by atoms with E-state index in [2.05, 4.69) is 10.6 Å². The van der Waals surface area contributed by atoms with Crippen LogP contribution in [-0.4, -0.2) is 24.7 Å². The molecule has 38 heavy (non-hydrogen) atoms. The number of benzene rings is 4. The highest BCUT2D eigenvalue weighted by molar-refractivity contribution is 7.99. The van der Waals surface area contributed by atoms with Gasteiger partial charge in [0.2, 0.25) is 6.10 Å². The minimum absolute atomic E-state index is 0.202. The summed E-state index contributed by atoms with van der Waals surface area (Å²) in [4.78, 5) is 27.0. The van der Waals surface area contributed by atoms with Crippen LogP contribution in [0.5, 0.6) is 5.75 Å². The molecule has 1 amide bonds. The third kappa shape index (κ3) is 7.10. The van der Waals surface area contributed by atoms with E-state index in [9.17, 15) is 18.4 Å². The average molecular weight is 535 g/mol. The molecule has 4 aromatic carbocycles.